The average molecular weight is 339 g/mol. The van der Waals surface area contributed by atoms with Gasteiger partial charge in [-0.15, -0.1) is 0 Å². The average Bonchev–Trinajstić information content (AvgIpc) is 2.90. The first kappa shape index (κ1) is 17.6. The normalized spacial score (nSPS) is 12.0. The topological polar surface area (TPSA) is 82.5 Å². The molecule has 0 saturated heterocycles. The number of nitrogens with one attached hydrogen (secondary N) is 1. The fourth-order valence-electron chi connectivity index (χ4n) is 2.13. The molecule has 1 aromatic carbocycles. The lowest BCUT2D eigenvalue weighted by molar-refractivity contribution is -0.0960. The molecule has 0 bridgehead atoms. The van der Waals surface area contributed by atoms with E-state index in [1.807, 2.05) is 30.3 Å². The highest BCUT2D eigenvalue weighted by molar-refractivity contribution is 7.89. The summed E-state index contributed by atoms with van der Waals surface area (Å²) in [7, 11) is -0.771. The van der Waals surface area contributed by atoms with Crippen LogP contribution in [-0.2, 0) is 26.0 Å². The number of hydrogen-bond acceptors (Lipinski definition) is 5. The maximum Gasteiger partial charge on any atom is 0.244 e. The molecule has 126 valence electrons. The number of ether oxygens (including phenoxy) is 2. The fraction of sp³-hybridized carbons (Fsp3) is 0.400. The molecule has 7 nitrogen and oxygen atoms in total. The predicted molar refractivity (Wildman–Crippen MR) is 85.5 cm³/mol. The van der Waals surface area contributed by atoms with E-state index in [2.05, 4.69) is 9.82 Å². The third-order valence-corrected chi connectivity index (χ3v) is 4.87. The molecule has 1 heterocycles. The Labute approximate surface area is 136 Å². The number of aryl methyl sites for hydroxylation is 1. The molecule has 0 aliphatic rings. The number of benzene rings is 1. The Kier molecular flexibility index (Phi) is 5.89. The zero-order chi connectivity index (χ0) is 16.9. The summed E-state index contributed by atoms with van der Waals surface area (Å²) < 4.78 is 38.8. The van der Waals surface area contributed by atoms with Gasteiger partial charge in [0.2, 0.25) is 10.0 Å². The Balaban J connectivity index is 2.13. The van der Waals surface area contributed by atoms with Gasteiger partial charge in [-0.3, -0.25) is 4.68 Å². The van der Waals surface area contributed by atoms with E-state index < -0.39 is 16.3 Å². The van der Waals surface area contributed by atoms with E-state index in [1.165, 1.54) is 20.4 Å². The Morgan fingerprint density at radius 3 is 2.48 bits per heavy atom. The van der Waals surface area contributed by atoms with Gasteiger partial charge in [0.25, 0.3) is 0 Å². The summed E-state index contributed by atoms with van der Waals surface area (Å²) in [6.45, 7) is 2.20. The molecule has 0 aliphatic heterocycles. The molecule has 0 radical (unpaired) electrons. The summed E-state index contributed by atoms with van der Waals surface area (Å²) in [5.74, 6) is 0. The van der Waals surface area contributed by atoms with Crippen LogP contribution in [0.25, 0.3) is 0 Å². The zero-order valence-corrected chi connectivity index (χ0v) is 14.2. The van der Waals surface area contributed by atoms with Crippen LogP contribution in [0.4, 0.5) is 0 Å². The van der Waals surface area contributed by atoms with Gasteiger partial charge in [-0.1, -0.05) is 30.3 Å². The third-order valence-electron chi connectivity index (χ3n) is 3.34. The largest absolute Gasteiger partial charge is 0.355 e. The molecule has 0 saturated carbocycles. The summed E-state index contributed by atoms with van der Waals surface area (Å²) in [5, 5.41) is 4.27. The van der Waals surface area contributed by atoms with Crippen molar-refractivity contribution in [1.29, 1.82) is 0 Å². The van der Waals surface area contributed by atoms with Gasteiger partial charge in [0.1, 0.15) is 4.90 Å². The van der Waals surface area contributed by atoms with Crippen LogP contribution in [0.15, 0.2) is 41.4 Å². The molecule has 0 amide bonds. The van der Waals surface area contributed by atoms with E-state index in [1.54, 1.807) is 11.6 Å². The SMILES string of the molecule is COC(CNS(=O)(=O)c1cn(Cc2ccccc2)nc1C)OC. The molecule has 8 heteroatoms. The molecule has 23 heavy (non-hydrogen) atoms. The first-order chi connectivity index (χ1) is 11.0. The molecule has 1 N–H and O–H groups in total. The van der Waals surface area contributed by atoms with E-state index in [0.717, 1.165) is 5.56 Å². The van der Waals surface area contributed by atoms with Crippen LogP contribution in [-0.4, -0.2) is 45.3 Å². The standard InChI is InChI=1S/C15H21N3O4S/c1-12-14(23(19,20)16-9-15(21-2)22-3)11-18(17-12)10-13-7-5-4-6-8-13/h4-8,11,15-16H,9-10H2,1-3H3. The fourth-order valence-corrected chi connectivity index (χ4v) is 3.33. The van der Waals surface area contributed by atoms with Gasteiger partial charge in [0.15, 0.2) is 6.29 Å². The number of hydrogen-bond donors (Lipinski definition) is 1. The molecule has 2 rings (SSSR count). The summed E-state index contributed by atoms with van der Waals surface area (Å²) in [5.41, 5.74) is 1.49. The molecule has 0 spiro atoms. The van der Waals surface area contributed by atoms with Gasteiger partial charge in [0.05, 0.1) is 18.8 Å². The summed E-state index contributed by atoms with van der Waals surface area (Å²) in [4.78, 5) is 0.152. The third kappa shape index (κ3) is 4.61. The van der Waals surface area contributed by atoms with Gasteiger partial charge in [-0.2, -0.15) is 5.10 Å². The van der Waals surface area contributed by atoms with Crippen molar-refractivity contribution in [1.82, 2.24) is 14.5 Å². The van der Waals surface area contributed by atoms with E-state index in [9.17, 15) is 8.42 Å². The van der Waals surface area contributed by atoms with Crippen LogP contribution in [0.3, 0.4) is 0 Å². The van der Waals surface area contributed by atoms with Crippen LogP contribution >= 0.6 is 0 Å². The van der Waals surface area contributed by atoms with Crippen LogP contribution in [0.2, 0.25) is 0 Å². The van der Waals surface area contributed by atoms with Crippen molar-refractivity contribution in [2.24, 2.45) is 0 Å². The van der Waals surface area contributed by atoms with Gasteiger partial charge < -0.3 is 9.47 Å². The molecule has 2 aromatic rings. The monoisotopic (exact) mass is 339 g/mol. The first-order valence-corrected chi connectivity index (χ1v) is 8.58. The second kappa shape index (κ2) is 7.69. The highest BCUT2D eigenvalue weighted by atomic mass is 32.2. The molecule has 0 aliphatic carbocycles. The summed E-state index contributed by atoms with van der Waals surface area (Å²) >= 11 is 0. The van der Waals surface area contributed by atoms with Gasteiger partial charge in [0, 0.05) is 20.4 Å². The van der Waals surface area contributed by atoms with E-state index in [0.29, 0.717) is 12.2 Å². The second-order valence-corrected chi connectivity index (χ2v) is 6.75. The Morgan fingerprint density at radius 2 is 1.87 bits per heavy atom. The lowest BCUT2D eigenvalue weighted by Crippen LogP contribution is -2.34. The van der Waals surface area contributed by atoms with Crippen molar-refractivity contribution in [3.05, 3.63) is 47.8 Å². The van der Waals surface area contributed by atoms with E-state index >= 15 is 0 Å². The van der Waals surface area contributed by atoms with Crippen LogP contribution in [0.5, 0.6) is 0 Å². The van der Waals surface area contributed by atoms with Crippen LogP contribution in [0.1, 0.15) is 11.3 Å². The Morgan fingerprint density at radius 1 is 1.22 bits per heavy atom. The summed E-state index contributed by atoms with van der Waals surface area (Å²) in [6, 6.07) is 9.72. The highest BCUT2D eigenvalue weighted by Gasteiger charge is 2.21. The number of nitrogens with zero attached hydrogens (tertiary/aromatic N) is 2. The molecule has 0 fully saturated rings. The van der Waals surface area contributed by atoms with Gasteiger partial charge in [-0.25, -0.2) is 13.1 Å². The molecular weight excluding hydrogens is 318 g/mol. The van der Waals surface area contributed by atoms with Crippen molar-refractivity contribution in [2.45, 2.75) is 24.7 Å². The minimum absolute atomic E-state index is 0.0264. The Bertz CT molecular complexity index is 724. The van der Waals surface area contributed by atoms with Crippen molar-refractivity contribution in [3.8, 4) is 0 Å². The van der Waals surface area contributed by atoms with E-state index in [-0.39, 0.29) is 11.4 Å². The number of sulfonamides is 1. The Hall–Kier alpha value is -1.74. The van der Waals surface area contributed by atoms with Crippen molar-refractivity contribution < 1.29 is 17.9 Å². The predicted octanol–water partition coefficient (Wildman–Crippen LogP) is 1.14. The molecule has 1 aromatic heterocycles. The smallest absolute Gasteiger partial charge is 0.244 e. The maximum absolute atomic E-state index is 12.4. The second-order valence-electron chi connectivity index (χ2n) is 5.01. The lowest BCUT2D eigenvalue weighted by atomic mass is 10.2. The van der Waals surface area contributed by atoms with Crippen molar-refractivity contribution in [3.63, 3.8) is 0 Å². The molecule has 0 atom stereocenters. The van der Waals surface area contributed by atoms with Crippen molar-refractivity contribution >= 4 is 10.0 Å². The minimum atomic E-state index is -3.67. The first-order valence-electron chi connectivity index (χ1n) is 7.09. The number of aromatic nitrogens is 2. The molecular formula is C15H21N3O4S. The van der Waals surface area contributed by atoms with Crippen LogP contribution < -0.4 is 4.72 Å². The van der Waals surface area contributed by atoms with Gasteiger partial charge in [-0.05, 0) is 12.5 Å². The van der Waals surface area contributed by atoms with Gasteiger partial charge >= 0.3 is 0 Å². The quantitative estimate of drug-likeness (QED) is 0.729. The minimum Gasteiger partial charge on any atom is -0.355 e. The lowest BCUT2D eigenvalue weighted by Gasteiger charge is -2.13. The highest BCUT2D eigenvalue weighted by Crippen LogP contribution is 2.14. The zero-order valence-electron chi connectivity index (χ0n) is 13.4. The van der Waals surface area contributed by atoms with E-state index in [4.69, 9.17) is 9.47 Å². The number of methoxy groups -OCH3 is 2. The molecule has 0 unspecified atom stereocenters. The van der Waals surface area contributed by atoms with Crippen molar-refractivity contribution in [2.75, 3.05) is 20.8 Å². The van der Waals surface area contributed by atoms with Crippen LogP contribution in [0, 0.1) is 6.92 Å². The number of rotatable bonds is 8. The maximum atomic E-state index is 12.4. The summed E-state index contributed by atoms with van der Waals surface area (Å²) in [6.07, 6.45) is 0.892.